The molecule has 0 amide bonds. The molecule has 0 radical (unpaired) electrons. The quantitative estimate of drug-likeness (QED) is 0.674. The second kappa shape index (κ2) is 6.02. The summed E-state index contributed by atoms with van der Waals surface area (Å²) >= 11 is 2.66. The lowest BCUT2D eigenvalue weighted by molar-refractivity contribution is -0.133. The van der Waals surface area contributed by atoms with Crippen LogP contribution in [0.25, 0.3) is 10.2 Å². The smallest absolute Gasteiger partial charge is 0.313 e. The minimum atomic E-state index is -0.908. The van der Waals surface area contributed by atoms with E-state index in [2.05, 4.69) is 16.9 Å². The molecule has 0 aliphatic carbocycles. The molecule has 0 unspecified atom stereocenters. The van der Waals surface area contributed by atoms with E-state index in [4.69, 9.17) is 5.11 Å². The highest BCUT2D eigenvalue weighted by atomic mass is 32.2. The van der Waals surface area contributed by atoms with Crippen LogP contribution in [-0.4, -0.2) is 44.9 Å². The van der Waals surface area contributed by atoms with Gasteiger partial charge in [-0.1, -0.05) is 11.8 Å². The minimum Gasteiger partial charge on any atom is -0.481 e. The van der Waals surface area contributed by atoms with Crippen molar-refractivity contribution in [3.05, 3.63) is 20.8 Å². The summed E-state index contributed by atoms with van der Waals surface area (Å²) in [5, 5.41) is 10.1. The van der Waals surface area contributed by atoms with Crippen LogP contribution in [-0.2, 0) is 24.3 Å². The van der Waals surface area contributed by atoms with Crippen LogP contribution < -0.4 is 5.56 Å². The molecular formula is C14H17N3O3S2. The maximum atomic E-state index is 12.8. The van der Waals surface area contributed by atoms with E-state index in [9.17, 15) is 9.59 Å². The van der Waals surface area contributed by atoms with Crippen LogP contribution in [0.3, 0.4) is 0 Å². The molecule has 3 rings (SSSR count). The van der Waals surface area contributed by atoms with Gasteiger partial charge in [0.15, 0.2) is 5.16 Å². The Balaban J connectivity index is 2.15. The number of carbonyl (C=O) groups is 1. The van der Waals surface area contributed by atoms with Gasteiger partial charge >= 0.3 is 5.97 Å². The van der Waals surface area contributed by atoms with Crippen molar-refractivity contribution in [1.29, 1.82) is 0 Å². The number of nitrogens with zero attached hydrogens (tertiary/aromatic N) is 3. The fourth-order valence-corrected chi connectivity index (χ4v) is 4.82. The van der Waals surface area contributed by atoms with E-state index in [1.165, 1.54) is 4.88 Å². The number of rotatable bonds is 4. The van der Waals surface area contributed by atoms with Gasteiger partial charge in [0.1, 0.15) is 4.83 Å². The molecule has 8 heteroatoms. The Labute approximate surface area is 135 Å². The van der Waals surface area contributed by atoms with Crippen molar-refractivity contribution in [2.24, 2.45) is 0 Å². The van der Waals surface area contributed by atoms with Crippen LogP contribution in [0.1, 0.15) is 17.4 Å². The van der Waals surface area contributed by atoms with Crippen molar-refractivity contribution in [2.75, 3.05) is 19.3 Å². The fraction of sp³-hybridized carbons (Fsp3) is 0.500. The number of hydrogen-bond acceptors (Lipinski definition) is 6. The summed E-state index contributed by atoms with van der Waals surface area (Å²) in [6.45, 7) is 4.17. The van der Waals surface area contributed by atoms with E-state index in [-0.39, 0.29) is 11.3 Å². The zero-order valence-electron chi connectivity index (χ0n) is 12.5. The summed E-state index contributed by atoms with van der Waals surface area (Å²) in [5.74, 6) is -1.000. The van der Waals surface area contributed by atoms with Crippen molar-refractivity contribution in [2.45, 2.75) is 31.6 Å². The van der Waals surface area contributed by atoms with Gasteiger partial charge in [0.2, 0.25) is 0 Å². The van der Waals surface area contributed by atoms with Crippen molar-refractivity contribution in [3.8, 4) is 0 Å². The van der Waals surface area contributed by atoms with Gasteiger partial charge in [-0.15, -0.1) is 11.3 Å². The maximum Gasteiger partial charge on any atom is 0.313 e. The molecule has 3 heterocycles. The van der Waals surface area contributed by atoms with Crippen LogP contribution in [0.2, 0.25) is 0 Å². The van der Waals surface area contributed by atoms with Crippen LogP contribution in [0.5, 0.6) is 0 Å². The van der Waals surface area contributed by atoms with Crippen molar-refractivity contribution >= 4 is 39.3 Å². The van der Waals surface area contributed by atoms with E-state index in [1.807, 2.05) is 6.92 Å². The Hall–Kier alpha value is -1.38. The molecule has 0 saturated heterocycles. The molecule has 118 valence electrons. The van der Waals surface area contributed by atoms with Gasteiger partial charge < -0.3 is 10.0 Å². The number of aliphatic carboxylic acids is 1. The summed E-state index contributed by atoms with van der Waals surface area (Å²) in [6, 6.07) is 0. The lowest BCUT2D eigenvalue weighted by atomic mass is 10.1. The van der Waals surface area contributed by atoms with Gasteiger partial charge in [-0.25, -0.2) is 4.98 Å². The second-order valence-electron chi connectivity index (χ2n) is 5.30. The number of likely N-dealkylation sites (N-methyl/N-ethyl adjacent to an activating group) is 1. The van der Waals surface area contributed by atoms with Gasteiger partial charge in [0.25, 0.3) is 5.56 Å². The summed E-state index contributed by atoms with van der Waals surface area (Å²) in [5.41, 5.74) is 1.09. The monoisotopic (exact) mass is 339 g/mol. The van der Waals surface area contributed by atoms with Crippen LogP contribution in [0.4, 0.5) is 0 Å². The molecule has 2 aromatic rings. The first-order chi connectivity index (χ1) is 10.5. The third-order valence-electron chi connectivity index (χ3n) is 3.76. The summed E-state index contributed by atoms with van der Waals surface area (Å²) in [6.07, 6.45) is 0.869. The first-order valence-electron chi connectivity index (χ1n) is 7.09. The maximum absolute atomic E-state index is 12.8. The van der Waals surface area contributed by atoms with E-state index >= 15 is 0 Å². The molecule has 1 aliphatic heterocycles. The molecule has 1 N–H and O–H groups in total. The molecule has 22 heavy (non-hydrogen) atoms. The zero-order chi connectivity index (χ0) is 15.9. The molecule has 0 bridgehead atoms. The highest BCUT2D eigenvalue weighted by Crippen LogP contribution is 2.33. The number of hydrogen-bond donors (Lipinski definition) is 1. The molecule has 0 atom stereocenters. The van der Waals surface area contributed by atoms with Crippen molar-refractivity contribution in [1.82, 2.24) is 14.5 Å². The Morgan fingerprint density at radius 2 is 2.27 bits per heavy atom. The Morgan fingerprint density at radius 1 is 1.50 bits per heavy atom. The molecule has 0 aromatic carbocycles. The number of carboxylic acids is 1. The average molecular weight is 339 g/mol. The van der Waals surface area contributed by atoms with Crippen molar-refractivity contribution in [3.63, 3.8) is 0 Å². The van der Waals surface area contributed by atoms with E-state index in [0.717, 1.165) is 47.1 Å². The van der Waals surface area contributed by atoms with Gasteiger partial charge in [-0.3, -0.25) is 14.2 Å². The topological polar surface area (TPSA) is 75.4 Å². The molecule has 2 aromatic heterocycles. The largest absolute Gasteiger partial charge is 0.481 e. The molecule has 0 saturated carbocycles. The van der Waals surface area contributed by atoms with Crippen LogP contribution in [0, 0.1) is 0 Å². The van der Waals surface area contributed by atoms with Gasteiger partial charge in [-0.2, -0.15) is 0 Å². The Morgan fingerprint density at radius 3 is 2.95 bits per heavy atom. The molecule has 0 spiro atoms. The highest BCUT2D eigenvalue weighted by Gasteiger charge is 2.23. The van der Waals surface area contributed by atoms with Gasteiger partial charge in [0, 0.05) is 24.5 Å². The van der Waals surface area contributed by atoms with Crippen molar-refractivity contribution < 1.29 is 9.90 Å². The molecular weight excluding hydrogens is 322 g/mol. The van der Waals surface area contributed by atoms with Gasteiger partial charge in [-0.05, 0) is 26.0 Å². The Kier molecular flexibility index (Phi) is 4.24. The third-order valence-corrected chi connectivity index (χ3v) is 5.83. The molecule has 0 fully saturated rings. The number of carboxylic acid groups (broad SMARTS) is 1. The van der Waals surface area contributed by atoms with Crippen LogP contribution >= 0.6 is 23.1 Å². The van der Waals surface area contributed by atoms with E-state index < -0.39 is 5.97 Å². The number of thioether (sulfide) groups is 1. The molecule has 1 aliphatic rings. The summed E-state index contributed by atoms with van der Waals surface area (Å²) < 4.78 is 1.58. The third kappa shape index (κ3) is 2.66. The first kappa shape index (κ1) is 15.5. The Bertz CT molecular complexity index is 797. The number of fused-ring (bicyclic) bond motifs is 3. The average Bonchev–Trinajstić information content (AvgIpc) is 2.82. The van der Waals surface area contributed by atoms with E-state index in [0.29, 0.717) is 11.7 Å². The minimum absolute atomic E-state index is 0.0394. The number of aromatic nitrogens is 2. The second-order valence-corrected chi connectivity index (χ2v) is 7.32. The predicted octanol–water partition coefficient (Wildman–Crippen LogP) is 1.64. The fourth-order valence-electron chi connectivity index (χ4n) is 2.70. The zero-order valence-corrected chi connectivity index (χ0v) is 14.1. The van der Waals surface area contributed by atoms with E-state index in [1.54, 1.807) is 15.9 Å². The van der Waals surface area contributed by atoms with Crippen LogP contribution in [0.15, 0.2) is 9.95 Å². The van der Waals surface area contributed by atoms with Gasteiger partial charge in [0.05, 0.1) is 11.1 Å². The molecule has 6 nitrogen and oxygen atoms in total. The predicted molar refractivity (Wildman–Crippen MR) is 88.0 cm³/mol. The normalized spacial score (nSPS) is 15.2. The lowest BCUT2D eigenvalue weighted by Gasteiger charge is -2.21. The summed E-state index contributed by atoms with van der Waals surface area (Å²) in [4.78, 5) is 32.3. The summed E-state index contributed by atoms with van der Waals surface area (Å²) in [7, 11) is 2.07. The first-order valence-corrected chi connectivity index (χ1v) is 8.89. The lowest BCUT2D eigenvalue weighted by Crippen LogP contribution is -2.27. The highest BCUT2D eigenvalue weighted by molar-refractivity contribution is 7.99. The number of thiophene rings is 1. The SMILES string of the molecule is CCn1c(SCC(=O)O)nc2sc3c(c2c1=O)CCN(C)C3. The standard InChI is InChI=1S/C14H17N3O3S2/c1-3-17-13(20)11-8-4-5-16(2)6-9(8)22-12(11)15-14(17)21-7-10(18)19/h3-7H2,1-2H3,(H,18,19).